The van der Waals surface area contributed by atoms with Gasteiger partial charge in [-0.2, -0.15) is 0 Å². The molecule has 0 unspecified atom stereocenters. The Morgan fingerprint density at radius 2 is 2.23 bits per heavy atom. The van der Waals surface area contributed by atoms with Crippen molar-refractivity contribution in [3.05, 3.63) is 28.0 Å². The molecule has 1 rings (SSSR count). The summed E-state index contributed by atoms with van der Waals surface area (Å²) in [6.45, 7) is 3.61. The molecule has 0 saturated carbocycles. The van der Waals surface area contributed by atoms with E-state index in [1.807, 2.05) is 13.8 Å². The van der Waals surface area contributed by atoms with Gasteiger partial charge in [-0.15, -0.1) is 0 Å². The van der Waals surface area contributed by atoms with E-state index in [1.54, 1.807) is 7.11 Å². The average Bonchev–Trinajstić information content (AvgIpc) is 2.52. The summed E-state index contributed by atoms with van der Waals surface area (Å²) >= 11 is 0. The lowest BCUT2D eigenvalue weighted by molar-refractivity contribution is -0.402. The fourth-order valence-electron chi connectivity index (χ4n) is 0.854. The maximum absolute atomic E-state index is 10.3. The molecule has 0 N–H and O–H groups in total. The van der Waals surface area contributed by atoms with Crippen LogP contribution in [0.15, 0.2) is 16.7 Å². The quantitative estimate of drug-likeness (QED) is 0.534. The number of ether oxygens (including phenoxy) is 1. The van der Waals surface area contributed by atoms with E-state index < -0.39 is 10.5 Å². The Labute approximate surface area is 75.5 Å². The first-order chi connectivity index (χ1) is 5.97. The van der Waals surface area contributed by atoms with Gasteiger partial charge in [-0.1, -0.05) is 0 Å². The summed E-state index contributed by atoms with van der Waals surface area (Å²) in [6, 6.07) is 1.36. The van der Waals surface area contributed by atoms with E-state index in [0.29, 0.717) is 5.56 Å². The molecular weight excluding hydrogens is 174 g/mol. The van der Waals surface area contributed by atoms with E-state index in [9.17, 15) is 10.1 Å². The average molecular weight is 185 g/mol. The second-order valence-electron chi connectivity index (χ2n) is 3.15. The summed E-state index contributed by atoms with van der Waals surface area (Å²) in [4.78, 5) is 9.73. The van der Waals surface area contributed by atoms with Crippen molar-refractivity contribution in [2.24, 2.45) is 0 Å². The van der Waals surface area contributed by atoms with Crippen LogP contribution in [0.2, 0.25) is 0 Å². The minimum atomic E-state index is -0.574. The van der Waals surface area contributed by atoms with Crippen LogP contribution >= 0.6 is 0 Å². The van der Waals surface area contributed by atoms with Gasteiger partial charge in [0.25, 0.3) is 0 Å². The van der Waals surface area contributed by atoms with Crippen LogP contribution in [0, 0.1) is 10.1 Å². The number of hydrogen-bond donors (Lipinski definition) is 0. The van der Waals surface area contributed by atoms with Crippen molar-refractivity contribution in [2.45, 2.75) is 19.4 Å². The molecule has 72 valence electrons. The van der Waals surface area contributed by atoms with E-state index in [4.69, 9.17) is 9.15 Å². The van der Waals surface area contributed by atoms with Gasteiger partial charge in [0.2, 0.25) is 0 Å². The van der Waals surface area contributed by atoms with Gasteiger partial charge in [-0.25, -0.2) is 0 Å². The fraction of sp³-hybridized carbons (Fsp3) is 0.500. The Morgan fingerprint density at radius 3 is 2.62 bits per heavy atom. The van der Waals surface area contributed by atoms with Gasteiger partial charge in [0, 0.05) is 12.7 Å². The van der Waals surface area contributed by atoms with Crippen LogP contribution in [-0.4, -0.2) is 12.0 Å². The lowest BCUT2D eigenvalue weighted by Gasteiger charge is -2.20. The van der Waals surface area contributed by atoms with Gasteiger partial charge in [-0.3, -0.25) is 10.1 Å². The number of methoxy groups -OCH3 is 1. The Balaban J connectivity index is 2.98. The Morgan fingerprint density at radius 1 is 1.62 bits per heavy atom. The molecule has 5 heteroatoms. The first-order valence-corrected chi connectivity index (χ1v) is 3.76. The summed E-state index contributed by atoms with van der Waals surface area (Å²) in [5.74, 6) is -0.264. The zero-order valence-electron chi connectivity index (χ0n) is 7.73. The largest absolute Gasteiger partial charge is 0.433 e. The summed E-state index contributed by atoms with van der Waals surface area (Å²) in [5, 5.41) is 10.3. The summed E-state index contributed by atoms with van der Waals surface area (Å²) in [6.07, 6.45) is 1.33. The molecular formula is C8H11NO4. The predicted molar refractivity (Wildman–Crippen MR) is 45.4 cm³/mol. The fourth-order valence-corrected chi connectivity index (χ4v) is 0.854. The Bertz CT molecular complexity index is 316. The van der Waals surface area contributed by atoms with Gasteiger partial charge >= 0.3 is 5.88 Å². The maximum atomic E-state index is 10.3. The second kappa shape index (κ2) is 3.18. The van der Waals surface area contributed by atoms with E-state index in [0.717, 1.165) is 0 Å². The van der Waals surface area contributed by atoms with Crippen LogP contribution in [0.5, 0.6) is 0 Å². The highest BCUT2D eigenvalue weighted by molar-refractivity contribution is 5.26. The first kappa shape index (κ1) is 9.73. The highest BCUT2D eigenvalue weighted by atomic mass is 16.6. The molecule has 0 aliphatic heterocycles. The van der Waals surface area contributed by atoms with Crippen LogP contribution in [0.25, 0.3) is 0 Å². The topological polar surface area (TPSA) is 65.5 Å². The normalized spacial score (nSPS) is 11.6. The molecule has 0 bridgehead atoms. The molecule has 0 spiro atoms. The van der Waals surface area contributed by atoms with Gasteiger partial charge in [0.05, 0.1) is 11.7 Å². The Kier molecular flexibility index (Phi) is 2.38. The van der Waals surface area contributed by atoms with Gasteiger partial charge in [0.15, 0.2) is 0 Å². The van der Waals surface area contributed by atoms with Crippen molar-refractivity contribution in [2.75, 3.05) is 7.11 Å². The summed E-state index contributed by atoms with van der Waals surface area (Å²) in [5.41, 5.74) is 0.0966. The van der Waals surface area contributed by atoms with Crippen molar-refractivity contribution >= 4 is 5.88 Å². The van der Waals surface area contributed by atoms with Gasteiger partial charge in [0.1, 0.15) is 11.2 Å². The van der Waals surface area contributed by atoms with Crippen molar-refractivity contribution in [1.82, 2.24) is 0 Å². The molecule has 13 heavy (non-hydrogen) atoms. The number of furan rings is 1. The molecule has 0 aliphatic carbocycles. The molecule has 0 fully saturated rings. The monoisotopic (exact) mass is 185 g/mol. The second-order valence-corrected chi connectivity index (χ2v) is 3.15. The zero-order chi connectivity index (χ0) is 10.1. The number of rotatable bonds is 3. The SMILES string of the molecule is COC(C)(C)c1coc([N+](=O)[O-])c1. The van der Waals surface area contributed by atoms with E-state index in [2.05, 4.69) is 0 Å². The van der Waals surface area contributed by atoms with Crippen LogP contribution in [0.1, 0.15) is 19.4 Å². The molecule has 0 atom stereocenters. The molecule has 5 nitrogen and oxygen atoms in total. The highest BCUT2D eigenvalue weighted by Crippen LogP contribution is 2.28. The molecule has 1 aromatic heterocycles. The smallest absolute Gasteiger partial charge is 0.409 e. The van der Waals surface area contributed by atoms with Crippen molar-refractivity contribution in [3.63, 3.8) is 0 Å². The van der Waals surface area contributed by atoms with Crippen LogP contribution in [0.3, 0.4) is 0 Å². The van der Waals surface area contributed by atoms with Crippen LogP contribution < -0.4 is 0 Å². The van der Waals surface area contributed by atoms with E-state index in [-0.39, 0.29) is 5.88 Å². The summed E-state index contributed by atoms with van der Waals surface area (Å²) in [7, 11) is 1.54. The van der Waals surface area contributed by atoms with E-state index >= 15 is 0 Å². The standard InChI is InChI=1S/C8H11NO4/c1-8(2,12-3)6-4-7(9(10)11)13-5-6/h4-5H,1-3H3. The summed E-state index contributed by atoms with van der Waals surface area (Å²) < 4.78 is 9.87. The zero-order valence-corrected chi connectivity index (χ0v) is 7.73. The lowest BCUT2D eigenvalue weighted by Crippen LogP contribution is -2.18. The van der Waals surface area contributed by atoms with Gasteiger partial charge in [-0.05, 0) is 13.8 Å². The minimum Gasteiger partial charge on any atom is -0.409 e. The lowest BCUT2D eigenvalue weighted by atomic mass is 10.0. The number of nitrogens with zero attached hydrogens (tertiary/aromatic N) is 1. The number of nitro groups is 1. The van der Waals surface area contributed by atoms with Crippen LogP contribution in [-0.2, 0) is 10.3 Å². The third-order valence-corrected chi connectivity index (χ3v) is 1.97. The van der Waals surface area contributed by atoms with Crippen molar-refractivity contribution in [3.8, 4) is 0 Å². The molecule has 0 radical (unpaired) electrons. The van der Waals surface area contributed by atoms with Crippen molar-refractivity contribution < 1.29 is 14.1 Å². The third kappa shape index (κ3) is 1.86. The first-order valence-electron chi connectivity index (χ1n) is 3.76. The predicted octanol–water partition coefficient (Wildman–Crippen LogP) is 2.07. The molecule has 0 aromatic carbocycles. The Hall–Kier alpha value is -1.36. The number of hydrogen-bond acceptors (Lipinski definition) is 4. The molecule has 0 aliphatic rings. The highest BCUT2D eigenvalue weighted by Gasteiger charge is 2.25. The molecule has 1 heterocycles. The molecule has 0 amide bonds. The van der Waals surface area contributed by atoms with Crippen LogP contribution in [0.4, 0.5) is 5.88 Å². The molecule has 1 aromatic rings. The third-order valence-electron chi connectivity index (χ3n) is 1.97. The van der Waals surface area contributed by atoms with Crippen molar-refractivity contribution in [1.29, 1.82) is 0 Å². The van der Waals surface area contributed by atoms with Gasteiger partial charge < -0.3 is 9.15 Å². The molecule has 0 saturated heterocycles. The minimum absolute atomic E-state index is 0.264. The maximum Gasteiger partial charge on any atom is 0.433 e. The van der Waals surface area contributed by atoms with E-state index in [1.165, 1.54) is 12.3 Å².